The minimum absolute atomic E-state index is 0.523. The third-order valence-corrected chi connectivity index (χ3v) is 6.08. The van der Waals surface area contributed by atoms with Crippen LogP contribution in [0.4, 0.5) is 5.82 Å². The van der Waals surface area contributed by atoms with Crippen LogP contribution in [0.5, 0.6) is 0 Å². The highest BCUT2D eigenvalue weighted by Gasteiger charge is 2.22. The fraction of sp³-hybridized carbons (Fsp3) is 0.389. The Morgan fingerprint density at radius 1 is 1.33 bits per heavy atom. The van der Waals surface area contributed by atoms with Gasteiger partial charge in [0.1, 0.15) is 16.5 Å². The van der Waals surface area contributed by atoms with Crippen LogP contribution in [0.2, 0.25) is 0 Å². The largest absolute Gasteiger partial charge is 0.368 e. The lowest BCUT2D eigenvalue weighted by Crippen LogP contribution is -2.36. The van der Waals surface area contributed by atoms with Crippen molar-refractivity contribution in [2.24, 2.45) is 13.0 Å². The van der Waals surface area contributed by atoms with Gasteiger partial charge in [0.15, 0.2) is 5.82 Å². The molecule has 0 saturated carbocycles. The van der Waals surface area contributed by atoms with E-state index < -0.39 is 11.0 Å². The van der Waals surface area contributed by atoms with E-state index >= 15 is 0 Å². The molecule has 0 aliphatic carbocycles. The molecule has 3 aromatic rings. The van der Waals surface area contributed by atoms with Crippen LogP contribution in [0.15, 0.2) is 42.8 Å². The number of hydrogen-bond donors (Lipinski definition) is 1. The first-order valence-corrected chi connectivity index (χ1v) is 10.2. The van der Waals surface area contributed by atoms with Crippen molar-refractivity contribution < 1.29 is 4.21 Å². The molecule has 3 aromatic heterocycles. The second-order valence-electron chi connectivity index (χ2n) is 6.73. The molecule has 1 unspecified atom stereocenters. The topological polar surface area (TPSA) is 80.4 Å². The molecule has 0 bridgehead atoms. The van der Waals surface area contributed by atoms with E-state index in [1.807, 2.05) is 34.3 Å². The zero-order valence-corrected chi connectivity index (χ0v) is 16.1. The van der Waals surface area contributed by atoms with Gasteiger partial charge >= 0.3 is 0 Å². The van der Waals surface area contributed by atoms with Gasteiger partial charge in [0.25, 0.3) is 0 Å². The van der Waals surface area contributed by atoms with E-state index in [0.29, 0.717) is 5.92 Å². The highest BCUT2D eigenvalue weighted by atomic mass is 32.2. The van der Waals surface area contributed by atoms with Crippen molar-refractivity contribution in [1.29, 1.82) is 0 Å². The average Bonchev–Trinajstić information content (AvgIpc) is 3.34. The summed E-state index contributed by atoms with van der Waals surface area (Å²) in [5.41, 5.74) is 2.74. The van der Waals surface area contributed by atoms with Gasteiger partial charge in [-0.25, -0.2) is 18.0 Å². The Kier molecular flexibility index (Phi) is 5.04. The van der Waals surface area contributed by atoms with Gasteiger partial charge < -0.3 is 5.32 Å². The summed E-state index contributed by atoms with van der Waals surface area (Å²) in [4.78, 5) is 4.80. The molecule has 0 amide bonds. The van der Waals surface area contributed by atoms with Crippen LogP contribution in [-0.4, -0.2) is 52.5 Å². The van der Waals surface area contributed by atoms with Gasteiger partial charge in [-0.3, -0.25) is 4.68 Å². The SMILES string of the molecule is C=CS(=O)N1CCC(CNc2nc(-c3cnn(C)c3)cn3nccc23)CC1. The van der Waals surface area contributed by atoms with Gasteiger partial charge in [0.2, 0.25) is 0 Å². The predicted octanol–water partition coefficient (Wildman–Crippen LogP) is 2.06. The van der Waals surface area contributed by atoms with Crippen LogP contribution in [0.1, 0.15) is 12.8 Å². The van der Waals surface area contributed by atoms with E-state index in [1.54, 1.807) is 17.1 Å². The molecule has 1 N–H and O–H groups in total. The van der Waals surface area contributed by atoms with E-state index in [-0.39, 0.29) is 0 Å². The van der Waals surface area contributed by atoms with E-state index in [1.165, 1.54) is 5.41 Å². The van der Waals surface area contributed by atoms with Crippen molar-refractivity contribution in [3.05, 3.63) is 42.8 Å². The van der Waals surface area contributed by atoms with Gasteiger partial charge in [-0.2, -0.15) is 10.2 Å². The summed E-state index contributed by atoms with van der Waals surface area (Å²) in [6.07, 6.45) is 9.45. The third-order valence-electron chi connectivity index (χ3n) is 4.92. The maximum absolute atomic E-state index is 11.8. The van der Waals surface area contributed by atoms with E-state index in [2.05, 4.69) is 22.1 Å². The van der Waals surface area contributed by atoms with Gasteiger partial charge in [-0.1, -0.05) is 6.58 Å². The number of piperidine rings is 1. The maximum atomic E-state index is 11.8. The molecule has 4 heterocycles. The van der Waals surface area contributed by atoms with Crippen molar-refractivity contribution in [2.75, 3.05) is 25.0 Å². The van der Waals surface area contributed by atoms with Crippen LogP contribution in [-0.2, 0) is 18.0 Å². The summed E-state index contributed by atoms with van der Waals surface area (Å²) < 4.78 is 17.4. The lowest BCUT2D eigenvalue weighted by Gasteiger charge is -2.30. The minimum Gasteiger partial charge on any atom is -0.368 e. The maximum Gasteiger partial charge on any atom is 0.152 e. The summed E-state index contributed by atoms with van der Waals surface area (Å²) >= 11 is 0. The standard InChI is InChI=1S/C18H23N7OS/c1-3-27(26)24-8-5-14(6-9-24)10-19-18-17-4-7-20-25(17)13-16(22-18)15-11-21-23(2)12-15/h3-4,7,11-14H,1,5-6,8-10H2,2H3,(H,19,22). The van der Waals surface area contributed by atoms with Gasteiger partial charge in [-0.15, -0.1) is 0 Å². The number of anilines is 1. The number of nitrogens with zero attached hydrogens (tertiary/aromatic N) is 6. The second kappa shape index (κ2) is 7.61. The Morgan fingerprint density at radius 3 is 2.85 bits per heavy atom. The lowest BCUT2D eigenvalue weighted by atomic mass is 9.98. The summed E-state index contributed by atoms with van der Waals surface area (Å²) in [5.74, 6) is 1.35. The molecule has 27 heavy (non-hydrogen) atoms. The first-order valence-electron chi connectivity index (χ1n) is 8.99. The zero-order valence-electron chi connectivity index (χ0n) is 15.3. The van der Waals surface area contributed by atoms with Gasteiger partial charge in [0, 0.05) is 43.9 Å². The van der Waals surface area contributed by atoms with Crippen LogP contribution >= 0.6 is 0 Å². The molecule has 1 fully saturated rings. The molecular formula is C18H23N7OS. The Hall–Kier alpha value is -2.52. The molecule has 0 radical (unpaired) electrons. The molecule has 0 aromatic carbocycles. The van der Waals surface area contributed by atoms with Crippen molar-refractivity contribution >= 4 is 22.3 Å². The quantitative estimate of drug-likeness (QED) is 0.703. The minimum atomic E-state index is -1.06. The Bertz CT molecular complexity index is 971. The summed E-state index contributed by atoms with van der Waals surface area (Å²) in [6.45, 7) is 6.10. The van der Waals surface area contributed by atoms with E-state index in [4.69, 9.17) is 4.98 Å². The summed E-state index contributed by atoms with van der Waals surface area (Å²) in [5, 5.41) is 13.6. The fourth-order valence-corrected chi connectivity index (χ4v) is 4.17. The fourth-order valence-electron chi connectivity index (χ4n) is 3.39. The first kappa shape index (κ1) is 17.9. The number of aromatic nitrogens is 5. The van der Waals surface area contributed by atoms with Crippen molar-refractivity contribution in [1.82, 2.24) is 28.7 Å². The summed E-state index contributed by atoms with van der Waals surface area (Å²) in [7, 11) is 0.831. The van der Waals surface area contributed by atoms with Gasteiger partial charge in [-0.05, 0) is 24.8 Å². The highest BCUT2D eigenvalue weighted by molar-refractivity contribution is 7.85. The number of aryl methyl sites for hydroxylation is 1. The van der Waals surface area contributed by atoms with Crippen LogP contribution in [0.25, 0.3) is 16.8 Å². The monoisotopic (exact) mass is 385 g/mol. The van der Waals surface area contributed by atoms with Crippen molar-refractivity contribution in [3.63, 3.8) is 0 Å². The normalized spacial score (nSPS) is 17.2. The molecule has 1 saturated heterocycles. The number of rotatable bonds is 6. The lowest BCUT2D eigenvalue weighted by molar-refractivity contribution is 0.294. The molecule has 1 atom stereocenters. The molecule has 0 spiro atoms. The summed E-state index contributed by atoms with van der Waals surface area (Å²) in [6, 6.07) is 1.96. The molecule has 9 heteroatoms. The molecule has 142 valence electrons. The van der Waals surface area contributed by atoms with E-state index in [0.717, 1.165) is 55.1 Å². The molecule has 4 rings (SSSR count). The number of fused-ring (bicyclic) bond motifs is 1. The third kappa shape index (κ3) is 3.79. The number of hydrogen-bond acceptors (Lipinski definition) is 5. The highest BCUT2D eigenvalue weighted by Crippen LogP contribution is 2.24. The average molecular weight is 385 g/mol. The Labute approximate surface area is 160 Å². The Balaban J connectivity index is 1.48. The zero-order chi connectivity index (χ0) is 18.8. The Morgan fingerprint density at radius 2 is 2.15 bits per heavy atom. The molecule has 8 nitrogen and oxygen atoms in total. The smallest absolute Gasteiger partial charge is 0.152 e. The van der Waals surface area contributed by atoms with Crippen LogP contribution < -0.4 is 5.32 Å². The van der Waals surface area contributed by atoms with Gasteiger partial charge in [0.05, 0.1) is 24.3 Å². The van der Waals surface area contributed by atoms with Crippen LogP contribution in [0.3, 0.4) is 0 Å². The van der Waals surface area contributed by atoms with E-state index in [9.17, 15) is 4.21 Å². The second-order valence-corrected chi connectivity index (χ2v) is 8.14. The van der Waals surface area contributed by atoms with Crippen LogP contribution in [0, 0.1) is 5.92 Å². The first-order chi connectivity index (χ1) is 13.1. The van der Waals surface area contributed by atoms with Crippen molar-refractivity contribution in [2.45, 2.75) is 12.8 Å². The molecule has 1 aliphatic heterocycles. The van der Waals surface area contributed by atoms with Crippen molar-refractivity contribution in [3.8, 4) is 11.3 Å². The molecule has 1 aliphatic rings. The number of nitrogens with one attached hydrogen (secondary N) is 1. The predicted molar refractivity (Wildman–Crippen MR) is 106 cm³/mol. The molecular weight excluding hydrogens is 362 g/mol.